The first-order chi connectivity index (χ1) is 14.8. The Bertz CT molecular complexity index is 872. The number of benzene rings is 2. The molecule has 5 heteroatoms. The number of rotatable bonds is 5. The summed E-state index contributed by atoms with van der Waals surface area (Å²) < 4.78 is 1.94. The van der Waals surface area contributed by atoms with Crippen LogP contribution in [0.5, 0.6) is 0 Å². The summed E-state index contributed by atoms with van der Waals surface area (Å²) in [5.74, 6) is 1.26. The zero-order chi connectivity index (χ0) is 20.6. The second-order valence-electron chi connectivity index (χ2n) is 6.85. The van der Waals surface area contributed by atoms with E-state index in [1.807, 2.05) is 67.2 Å². The zero-order valence-electron chi connectivity index (χ0n) is 17.2. The monoisotopic (exact) mass is 465 g/mol. The number of nitrogens with zero attached hydrogens (tertiary/aromatic N) is 3. The van der Waals surface area contributed by atoms with Gasteiger partial charge in [0.15, 0.2) is 0 Å². The van der Waals surface area contributed by atoms with Crippen LogP contribution in [0.25, 0.3) is 11.3 Å². The van der Waals surface area contributed by atoms with Crippen LogP contribution in [-0.4, -0.2) is 15.0 Å². The van der Waals surface area contributed by atoms with Crippen LogP contribution in [0.3, 0.4) is 0 Å². The number of hydrogen-bond acceptors (Lipinski definition) is 3. The Kier molecular flexibility index (Phi) is 9.70. The van der Waals surface area contributed by atoms with E-state index in [4.69, 9.17) is 0 Å². The second-order valence-corrected chi connectivity index (χ2v) is 7.96. The molecule has 2 fully saturated rings. The molecule has 5 rings (SSSR count). The van der Waals surface area contributed by atoms with Crippen molar-refractivity contribution >= 4 is 11.8 Å². The molecule has 3 aromatic rings. The van der Waals surface area contributed by atoms with Gasteiger partial charge in [0.1, 0.15) is 5.69 Å². The van der Waals surface area contributed by atoms with Crippen LogP contribution in [0.2, 0.25) is 0 Å². The minimum atomic E-state index is 0. The molecular weight excluding hydrogens is 442 g/mol. The van der Waals surface area contributed by atoms with Gasteiger partial charge in [-0.25, -0.2) is 4.68 Å². The molecule has 1 atom stereocenters. The Morgan fingerprint density at radius 3 is 2.03 bits per heavy atom. The maximum atomic E-state index is 4.35. The van der Waals surface area contributed by atoms with Gasteiger partial charge in [0.05, 0.1) is 12.2 Å². The van der Waals surface area contributed by atoms with Crippen LogP contribution < -0.4 is 0 Å². The average molecular weight is 465 g/mol. The van der Waals surface area contributed by atoms with Gasteiger partial charge in [-0.05, 0) is 70.4 Å². The van der Waals surface area contributed by atoms with Crippen molar-refractivity contribution in [3.63, 3.8) is 0 Å². The molecule has 1 heterocycles. The maximum absolute atomic E-state index is 4.35. The summed E-state index contributed by atoms with van der Waals surface area (Å²) in [4.78, 5) is 1.24. The van der Waals surface area contributed by atoms with Crippen molar-refractivity contribution in [2.24, 2.45) is 0 Å². The van der Waals surface area contributed by atoms with Gasteiger partial charge in [0.25, 0.3) is 0 Å². The Labute approximate surface area is 201 Å². The molecule has 10 radical (unpaired) electrons. The largest absolute Gasteiger partial charge is 2.00 e. The Hall–Kier alpha value is -1.55. The van der Waals surface area contributed by atoms with Crippen LogP contribution in [0.4, 0.5) is 0 Å². The molecule has 2 aliphatic carbocycles. The maximum Gasteiger partial charge on any atom is 2.00 e. The van der Waals surface area contributed by atoms with Crippen molar-refractivity contribution in [3.05, 3.63) is 129 Å². The van der Waals surface area contributed by atoms with Crippen LogP contribution in [-0.2, 0) is 17.1 Å². The van der Waals surface area contributed by atoms with E-state index in [0.29, 0.717) is 0 Å². The normalized spacial score (nSPS) is 17.6. The Morgan fingerprint density at radius 1 is 0.774 bits per heavy atom. The van der Waals surface area contributed by atoms with Crippen molar-refractivity contribution in [2.75, 3.05) is 0 Å². The molecule has 0 spiro atoms. The first kappa shape index (κ1) is 24.1. The molecule has 0 saturated heterocycles. The standard InChI is InChI=1S/C21H18N3S.C5H5.Fe/c1-16(24-15-20(22-23-24)17-9-4-2-5-10-17)19-13-8-14-21(19)25-18-11-6-3-7-12-18;1-2-4-5-3-1;/h2-16H,1H3;1-5H;/q;;+2/t16-;;/m0../s1. The molecule has 2 saturated carbocycles. The summed E-state index contributed by atoms with van der Waals surface area (Å²) in [7, 11) is 0. The van der Waals surface area contributed by atoms with Crippen LogP contribution in [0.15, 0.2) is 71.8 Å². The van der Waals surface area contributed by atoms with Crippen molar-refractivity contribution in [2.45, 2.75) is 17.9 Å². The smallest absolute Gasteiger partial charge is 0.248 e. The van der Waals surface area contributed by atoms with E-state index in [2.05, 4.69) is 72.9 Å². The van der Waals surface area contributed by atoms with Crippen LogP contribution in [0.1, 0.15) is 13.0 Å². The van der Waals surface area contributed by atoms with Gasteiger partial charge in [0.2, 0.25) is 0 Å². The third-order valence-corrected chi connectivity index (χ3v) is 5.86. The molecule has 0 unspecified atom stereocenters. The average Bonchev–Trinajstić information content (AvgIpc) is 3.58. The Morgan fingerprint density at radius 2 is 1.39 bits per heavy atom. The molecule has 1 aromatic heterocycles. The molecule has 31 heavy (non-hydrogen) atoms. The molecule has 0 amide bonds. The summed E-state index contributed by atoms with van der Waals surface area (Å²) in [6.45, 7) is 2.16. The van der Waals surface area contributed by atoms with Crippen molar-refractivity contribution in [1.29, 1.82) is 0 Å². The van der Waals surface area contributed by atoms with Crippen LogP contribution in [0, 0.1) is 62.5 Å². The molecule has 0 aliphatic heterocycles. The van der Waals surface area contributed by atoms with E-state index in [-0.39, 0.29) is 23.1 Å². The zero-order valence-corrected chi connectivity index (χ0v) is 19.1. The van der Waals surface area contributed by atoms with Gasteiger partial charge in [0, 0.05) is 21.6 Å². The first-order valence-electron chi connectivity index (χ1n) is 9.94. The molecule has 2 aromatic carbocycles. The van der Waals surface area contributed by atoms with Gasteiger partial charge in [-0.1, -0.05) is 53.7 Å². The van der Waals surface area contributed by atoms with Gasteiger partial charge in [-0.15, -0.1) is 16.9 Å². The fourth-order valence-corrected chi connectivity index (χ4v) is 4.19. The van der Waals surface area contributed by atoms with E-state index in [9.17, 15) is 0 Å². The molecule has 154 valence electrons. The van der Waals surface area contributed by atoms with E-state index < -0.39 is 0 Å². The number of hydrogen-bond donors (Lipinski definition) is 0. The van der Waals surface area contributed by atoms with Gasteiger partial charge in [-0.3, -0.25) is 0 Å². The summed E-state index contributed by atoms with van der Waals surface area (Å²) in [6, 6.07) is 20.7. The van der Waals surface area contributed by atoms with E-state index >= 15 is 0 Å². The van der Waals surface area contributed by atoms with Crippen molar-refractivity contribution in [1.82, 2.24) is 15.0 Å². The summed E-state index contributed by atoms with van der Waals surface area (Å²) in [5.41, 5.74) is 1.98. The Balaban J connectivity index is 0.000000401. The summed E-state index contributed by atoms with van der Waals surface area (Å²) in [5, 5.41) is 9.95. The van der Waals surface area contributed by atoms with Crippen LogP contribution >= 0.6 is 11.8 Å². The molecule has 0 bridgehead atoms. The van der Waals surface area contributed by atoms with E-state index in [0.717, 1.165) is 11.3 Å². The third kappa shape index (κ3) is 6.71. The van der Waals surface area contributed by atoms with Gasteiger partial charge in [-0.2, -0.15) is 0 Å². The predicted molar refractivity (Wildman–Crippen MR) is 123 cm³/mol. The van der Waals surface area contributed by atoms with Gasteiger partial charge >= 0.3 is 17.1 Å². The summed E-state index contributed by atoms with van der Waals surface area (Å²) >= 11 is 1.79. The third-order valence-electron chi connectivity index (χ3n) is 4.76. The van der Waals surface area contributed by atoms with Gasteiger partial charge < -0.3 is 0 Å². The summed E-state index contributed by atoms with van der Waals surface area (Å²) in [6.07, 6.45) is 18.5. The molecular formula is C26H23FeN3S+2. The minimum absolute atomic E-state index is 0. The van der Waals surface area contributed by atoms with Crippen molar-refractivity contribution in [3.8, 4) is 11.3 Å². The topological polar surface area (TPSA) is 30.7 Å². The number of thioether (sulfide) groups is 1. The predicted octanol–water partition coefficient (Wildman–Crippen LogP) is 6.05. The second kappa shape index (κ2) is 12.5. The van der Waals surface area contributed by atoms with Crippen molar-refractivity contribution < 1.29 is 17.1 Å². The number of aromatic nitrogens is 3. The SMILES string of the molecule is C[C@@H]([C]1[CH][CH][CH][C]1Sc1ccccc1)n1cc(-c2ccccc2)nn1.[CH]1[CH][CH][CH][CH]1.[Fe+2]. The molecule has 0 N–H and O–H groups in total. The minimum Gasteiger partial charge on any atom is -0.248 e. The molecule has 3 nitrogen and oxygen atoms in total. The molecule has 2 aliphatic rings. The first-order valence-corrected chi connectivity index (χ1v) is 10.8. The fourth-order valence-electron chi connectivity index (χ4n) is 3.14. The quantitative estimate of drug-likeness (QED) is 0.430. The van der Waals surface area contributed by atoms with E-state index in [1.54, 1.807) is 11.8 Å². The van der Waals surface area contributed by atoms with E-state index in [1.165, 1.54) is 16.1 Å². The fraction of sp³-hybridized carbons (Fsp3) is 0.0769.